The molecule has 0 rings (SSSR count). The van der Waals surface area contributed by atoms with Crippen molar-refractivity contribution in [2.75, 3.05) is 11.3 Å². The van der Waals surface area contributed by atoms with Crippen LogP contribution >= 0.6 is 33.3 Å². The molecule has 0 saturated carbocycles. The summed E-state index contributed by atoms with van der Waals surface area (Å²) in [7, 11) is 3.63. The van der Waals surface area contributed by atoms with Gasteiger partial charge in [0.2, 0.25) is 0 Å². The Hall–Kier alpha value is 0.790. The third kappa shape index (κ3) is 6.79. The lowest BCUT2D eigenvalue weighted by molar-refractivity contribution is 2.30. The zero-order valence-corrected chi connectivity index (χ0v) is 6.67. The van der Waals surface area contributed by atoms with Crippen LogP contribution in [-0.2, 0) is 0 Å². The van der Waals surface area contributed by atoms with E-state index in [1.165, 1.54) is 0 Å². The maximum absolute atomic E-state index is 3.57. The number of hydrogen-bond acceptors (Lipinski definition) is 3. The van der Waals surface area contributed by atoms with Crippen molar-refractivity contribution in [1.29, 1.82) is 0 Å². The Morgan fingerprint density at radius 2 is 2.43 bits per heavy atom. The lowest BCUT2D eigenvalue weighted by Crippen LogP contribution is -1.54. The maximum atomic E-state index is 3.57. The molecule has 0 fully saturated rings. The predicted molar refractivity (Wildman–Crippen MR) is 43.8 cm³/mol. The Labute approximate surface area is 56.9 Å². The van der Waals surface area contributed by atoms with Crippen LogP contribution < -0.4 is 0 Å². The summed E-state index contributed by atoms with van der Waals surface area (Å²) in [5.74, 6) is 0. The molecule has 0 amide bonds. The monoisotopic (exact) mass is 152 g/mol. The van der Waals surface area contributed by atoms with Crippen molar-refractivity contribution < 1.29 is 0 Å². The molecule has 7 heavy (non-hydrogen) atoms. The van der Waals surface area contributed by atoms with Crippen LogP contribution in [-0.4, -0.2) is 11.3 Å². The Kier molecular flexibility index (Phi) is 7.56. The summed E-state index contributed by atoms with van der Waals surface area (Å²) in [5.41, 5.74) is 0. The molecule has 0 unspecified atom stereocenters. The van der Waals surface area contributed by atoms with Gasteiger partial charge in [0.15, 0.2) is 0 Å². The highest BCUT2D eigenvalue weighted by Gasteiger charge is 1.78. The van der Waals surface area contributed by atoms with E-state index >= 15 is 0 Å². The average molecular weight is 152 g/mol. The summed E-state index contributed by atoms with van der Waals surface area (Å²) in [6.45, 7) is 3.57. The van der Waals surface area contributed by atoms with Crippen LogP contribution in [0.2, 0.25) is 0 Å². The smallest absolute Gasteiger partial charge is 0.0537 e. The molecule has 0 saturated heterocycles. The van der Waals surface area contributed by atoms with Crippen molar-refractivity contribution >= 4 is 33.3 Å². The van der Waals surface area contributed by atoms with E-state index in [4.69, 9.17) is 0 Å². The minimum atomic E-state index is 1.12. The van der Waals surface area contributed by atoms with E-state index in [1.807, 2.05) is 16.2 Å². The van der Waals surface area contributed by atoms with E-state index < -0.39 is 0 Å². The lowest BCUT2D eigenvalue weighted by atomic mass is 11.3. The first kappa shape index (κ1) is 7.79. The largest absolute Gasteiger partial charge is 0.123 e. The van der Waals surface area contributed by atoms with Crippen molar-refractivity contribution in [3.8, 4) is 0 Å². The summed E-state index contributed by atoms with van der Waals surface area (Å²) < 4.78 is 0. The summed E-state index contributed by atoms with van der Waals surface area (Å²) in [6.07, 6.45) is 2.08. The Bertz CT molecular complexity index is 44.2. The van der Waals surface area contributed by atoms with Crippen LogP contribution in [0.4, 0.5) is 0 Å². The maximum Gasteiger partial charge on any atom is 0.0537 e. The molecule has 0 N–H and O–H groups in total. The fraction of sp³-hybridized carbons (Fsp3) is 0.500. The van der Waals surface area contributed by atoms with Crippen molar-refractivity contribution in [3.05, 3.63) is 12.0 Å². The first-order chi connectivity index (χ1) is 3.41. The topological polar surface area (TPSA) is 0 Å². The highest BCUT2D eigenvalue weighted by atomic mass is 33.1. The highest BCUT2D eigenvalue weighted by molar-refractivity contribution is 8.77. The molecule has 0 nitrogen and oxygen atoms in total. The van der Waals surface area contributed by atoms with Gasteiger partial charge in [-0.05, 0) is 11.7 Å². The molecule has 0 radical (unpaired) electrons. The zero-order valence-electron chi connectivity index (χ0n) is 4.22. The Balaban J connectivity index is 2.56. The number of rotatable bonds is 4. The summed E-state index contributed by atoms with van der Waals surface area (Å²) in [6, 6.07) is 0. The van der Waals surface area contributed by atoms with Gasteiger partial charge in [-0.25, -0.2) is 0 Å². The second-order valence-electron chi connectivity index (χ2n) is 0.736. The van der Waals surface area contributed by atoms with Gasteiger partial charge in [0.05, 0.1) is 5.08 Å². The second kappa shape index (κ2) is 6.79. The molecular weight excluding hydrogens is 144 g/mol. The van der Waals surface area contributed by atoms with E-state index in [-0.39, 0.29) is 0 Å². The van der Waals surface area contributed by atoms with Crippen LogP contribution in [0.25, 0.3) is 0 Å². The molecule has 0 aromatic rings. The van der Waals surface area contributed by atoms with Crippen LogP contribution in [0.3, 0.4) is 0 Å². The summed E-state index contributed by atoms with van der Waals surface area (Å²) in [4.78, 5) is 0. The normalized spacial score (nSPS) is 8.71. The van der Waals surface area contributed by atoms with Gasteiger partial charge in [-0.1, -0.05) is 28.2 Å². The molecule has 0 bridgehead atoms. The van der Waals surface area contributed by atoms with Crippen LogP contribution in [0, 0.1) is 0 Å². The number of hydrogen-bond donors (Lipinski definition) is 0. The fourth-order valence-corrected chi connectivity index (χ4v) is 2.48. The van der Waals surface area contributed by atoms with E-state index in [0.717, 1.165) is 5.08 Å². The van der Waals surface area contributed by atoms with Crippen molar-refractivity contribution in [1.82, 2.24) is 0 Å². The molecule has 3 heteroatoms. The predicted octanol–water partition coefficient (Wildman–Crippen LogP) is 2.83. The van der Waals surface area contributed by atoms with Gasteiger partial charge >= 0.3 is 0 Å². The van der Waals surface area contributed by atoms with Gasteiger partial charge in [0, 0.05) is 0 Å². The van der Waals surface area contributed by atoms with Crippen molar-refractivity contribution in [2.45, 2.75) is 0 Å². The Morgan fingerprint density at radius 1 is 1.71 bits per heavy atom. The van der Waals surface area contributed by atoms with E-state index in [0.29, 0.717) is 0 Å². The minimum Gasteiger partial charge on any atom is -0.123 e. The molecule has 0 atom stereocenters. The third-order valence-corrected chi connectivity index (χ3v) is 3.33. The lowest BCUT2D eigenvalue weighted by Gasteiger charge is -1.87. The first-order valence-corrected chi connectivity index (χ1v) is 5.57. The van der Waals surface area contributed by atoms with Gasteiger partial charge in [-0.15, -0.1) is 11.8 Å². The van der Waals surface area contributed by atoms with Gasteiger partial charge < -0.3 is 0 Å². The van der Waals surface area contributed by atoms with E-state index in [9.17, 15) is 0 Å². The van der Waals surface area contributed by atoms with Crippen LogP contribution in [0.15, 0.2) is 12.0 Å². The van der Waals surface area contributed by atoms with Gasteiger partial charge in [0.1, 0.15) is 0 Å². The molecule has 0 aromatic heterocycles. The Morgan fingerprint density at radius 3 is 2.86 bits per heavy atom. The van der Waals surface area contributed by atoms with E-state index in [1.54, 1.807) is 22.6 Å². The van der Waals surface area contributed by atoms with E-state index in [2.05, 4.69) is 12.8 Å². The highest BCUT2D eigenvalue weighted by Crippen LogP contribution is 2.22. The molecule has 0 aliphatic heterocycles. The SMILES string of the molecule is C=CSCSSC. The third-order valence-electron chi connectivity index (χ3n) is 0.352. The fourth-order valence-electron chi connectivity index (χ4n) is 0.124. The summed E-state index contributed by atoms with van der Waals surface area (Å²) in [5, 5.41) is 2.98. The van der Waals surface area contributed by atoms with Gasteiger partial charge in [-0.3, -0.25) is 0 Å². The second-order valence-corrected chi connectivity index (χ2v) is 4.62. The minimum absolute atomic E-state index is 1.12. The van der Waals surface area contributed by atoms with Gasteiger partial charge in [-0.2, -0.15) is 0 Å². The molecule has 0 aliphatic rings. The quantitative estimate of drug-likeness (QED) is 0.345. The molecule has 0 heterocycles. The average Bonchev–Trinajstić information content (AvgIpc) is 1.69. The standard InChI is InChI=1S/C4H8S3/c1-3-6-4-7-5-2/h3H,1,4H2,2H3. The molecule has 0 aromatic carbocycles. The molecule has 0 spiro atoms. The van der Waals surface area contributed by atoms with Crippen LogP contribution in [0.5, 0.6) is 0 Å². The molecule has 0 aliphatic carbocycles. The first-order valence-electron chi connectivity index (χ1n) is 1.80. The van der Waals surface area contributed by atoms with Crippen LogP contribution in [0.1, 0.15) is 0 Å². The molecule has 42 valence electrons. The van der Waals surface area contributed by atoms with Crippen molar-refractivity contribution in [2.24, 2.45) is 0 Å². The zero-order chi connectivity index (χ0) is 5.54. The molecular formula is C4H8S3. The summed E-state index contributed by atoms with van der Waals surface area (Å²) >= 11 is 1.74. The van der Waals surface area contributed by atoms with Gasteiger partial charge in [0.25, 0.3) is 0 Å². The van der Waals surface area contributed by atoms with Crippen molar-refractivity contribution in [3.63, 3.8) is 0 Å². The number of thioether (sulfide) groups is 1.